The van der Waals surface area contributed by atoms with Gasteiger partial charge < -0.3 is 10.3 Å². The van der Waals surface area contributed by atoms with Crippen LogP contribution in [0.2, 0.25) is 0 Å². The van der Waals surface area contributed by atoms with Crippen molar-refractivity contribution in [1.29, 1.82) is 0 Å². The van der Waals surface area contributed by atoms with E-state index in [0.29, 0.717) is 11.7 Å². The maximum Gasteiger partial charge on any atom is 0.231 e. The van der Waals surface area contributed by atoms with Gasteiger partial charge in [-0.05, 0) is 35.3 Å². The van der Waals surface area contributed by atoms with Crippen molar-refractivity contribution in [2.75, 3.05) is 0 Å². The van der Waals surface area contributed by atoms with Crippen molar-refractivity contribution in [3.63, 3.8) is 0 Å². The molecule has 2 rings (SSSR count). The molecular formula is C12H15BrN4O. The number of pyridine rings is 1. The fourth-order valence-corrected chi connectivity index (χ4v) is 2.17. The summed E-state index contributed by atoms with van der Waals surface area (Å²) < 4.78 is 6.17. The minimum absolute atomic E-state index is 0.0102. The zero-order valence-electron chi connectivity index (χ0n) is 10.3. The van der Waals surface area contributed by atoms with Crippen LogP contribution >= 0.6 is 15.9 Å². The van der Waals surface area contributed by atoms with E-state index in [9.17, 15) is 0 Å². The monoisotopic (exact) mass is 310 g/mol. The Hall–Kier alpha value is -1.27. The maximum absolute atomic E-state index is 5.90. The molecular weight excluding hydrogens is 296 g/mol. The topological polar surface area (TPSA) is 77.8 Å². The zero-order chi connectivity index (χ0) is 13.1. The molecule has 18 heavy (non-hydrogen) atoms. The normalized spacial score (nSPS) is 14.4. The van der Waals surface area contributed by atoms with Gasteiger partial charge in [0.2, 0.25) is 11.7 Å². The number of hydrogen-bond donors (Lipinski definition) is 1. The van der Waals surface area contributed by atoms with Crippen LogP contribution < -0.4 is 5.73 Å². The SMILES string of the molecule is CCC(c1nc(-c2cncc(Br)c2)no1)C(C)N. The van der Waals surface area contributed by atoms with Gasteiger partial charge >= 0.3 is 0 Å². The van der Waals surface area contributed by atoms with Crippen LogP contribution in [-0.4, -0.2) is 21.2 Å². The third-order valence-electron chi connectivity index (χ3n) is 2.80. The Labute approximate surface area is 114 Å². The van der Waals surface area contributed by atoms with E-state index in [-0.39, 0.29) is 12.0 Å². The lowest BCUT2D eigenvalue weighted by Crippen LogP contribution is -2.24. The largest absolute Gasteiger partial charge is 0.339 e. The highest BCUT2D eigenvalue weighted by molar-refractivity contribution is 9.10. The van der Waals surface area contributed by atoms with Crippen LogP contribution in [0.4, 0.5) is 0 Å². The lowest BCUT2D eigenvalue weighted by Gasteiger charge is -2.13. The van der Waals surface area contributed by atoms with E-state index in [2.05, 4.69) is 38.0 Å². The van der Waals surface area contributed by atoms with Crippen molar-refractivity contribution in [2.24, 2.45) is 5.73 Å². The average Bonchev–Trinajstić information content (AvgIpc) is 2.79. The van der Waals surface area contributed by atoms with Gasteiger partial charge in [-0.25, -0.2) is 0 Å². The van der Waals surface area contributed by atoms with E-state index < -0.39 is 0 Å². The van der Waals surface area contributed by atoms with Crippen LogP contribution in [0.25, 0.3) is 11.4 Å². The summed E-state index contributed by atoms with van der Waals surface area (Å²) >= 11 is 3.36. The number of rotatable bonds is 4. The van der Waals surface area contributed by atoms with Crippen LogP contribution in [-0.2, 0) is 0 Å². The molecule has 0 fully saturated rings. The summed E-state index contributed by atoms with van der Waals surface area (Å²) in [6.45, 7) is 4.00. The molecule has 2 unspecified atom stereocenters. The molecule has 0 saturated heterocycles. The molecule has 0 aliphatic rings. The number of hydrogen-bond acceptors (Lipinski definition) is 5. The molecule has 96 valence electrons. The third-order valence-corrected chi connectivity index (χ3v) is 3.23. The third kappa shape index (κ3) is 2.76. The molecule has 0 amide bonds. The Kier molecular flexibility index (Phi) is 4.08. The van der Waals surface area contributed by atoms with Gasteiger partial charge in [0.05, 0.1) is 5.92 Å². The number of halogens is 1. The molecule has 2 aromatic heterocycles. The molecule has 2 aromatic rings. The second-order valence-electron chi connectivity index (χ2n) is 4.22. The molecule has 0 bridgehead atoms. The molecule has 0 radical (unpaired) electrons. The minimum atomic E-state index is -0.0102. The van der Waals surface area contributed by atoms with Crippen molar-refractivity contribution in [1.82, 2.24) is 15.1 Å². The van der Waals surface area contributed by atoms with Gasteiger partial charge in [-0.2, -0.15) is 4.98 Å². The van der Waals surface area contributed by atoms with Crippen molar-refractivity contribution in [3.8, 4) is 11.4 Å². The molecule has 2 N–H and O–H groups in total. The Morgan fingerprint density at radius 2 is 2.22 bits per heavy atom. The van der Waals surface area contributed by atoms with Crippen LogP contribution in [0.1, 0.15) is 32.1 Å². The van der Waals surface area contributed by atoms with Crippen LogP contribution in [0.15, 0.2) is 27.5 Å². The average molecular weight is 311 g/mol. The van der Waals surface area contributed by atoms with E-state index in [1.165, 1.54) is 0 Å². The van der Waals surface area contributed by atoms with E-state index in [1.807, 2.05) is 13.0 Å². The summed E-state index contributed by atoms with van der Waals surface area (Å²) in [6.07, 6.45) is 4.28. The van der Waals surface area contributed by atoms with Crippen molar-refractivity contribution in [2.45, 2.75) is 32.2 Å². The summed E-state index contributed by atoms with van der Waals surface area (Å²) in [7, 11) is 0. The highest BCUT2D eigenvalue weighted by Gasteiger charge is 2.21. The minimum Gasteiger partial charge on any atom is -0.339 e. The number of nitrogens with two attached hydrogens (primary N) is 1. The summed E-state index contributed by atoms with van der Waals surface area (Å²) in [5, 5.41) is 3.98. The van der Waals surface area contributed by atoms with Gasteiger partial charge in [-0.1, -0.05) is 12.1 Å². The van der Waals surface area contributed by atoms with Crippen molar-refractivity contribution in [3.05, 3.63) is 28.8 Å². The second-order valence-corrected chi connectivity index (χ2v) is 5.14. The lowest BCUT2D eigenvalue weighted by atomic mass is 9.99. The van der Waals surface area contributed by atoms with Gasteiger partial charge in [0.15, 0.2) is 0 Å². The molecule has 2 heterocycles. The lowest BCUT2D eigenvalue weighted by molar-refractivity contribution is 0.334. The highest BCUT2D eigenvalue weighted by atomic mass is 79.9. The molecule has 0 aromatic carbocycles. The zero-order valence-corrected chi connectivity index (χ0v) is 11.9. The van der Waals surface area contributed by atoms with Crippen LogP contribution in [0.5, 0.6) is 0 Å². The first-order chi connectivity index (χ1) is 8.61. The Balaban J connectivity index is 2.30. The maximum atomic E-state index is 5.90. The smallest absolute Gasteiger partial charge is 0.231 e. The predicted octanol–water partition coefficient (Wildman–Crippen LogP) is 2.73. The first-order valence-corrected chi connectivity index (χ1v) is 6.61. The fourth-order valence-electron chi connectivity index (χ4n) is 1.81. The second kappa shape index (κ2) is 5.58. The fraction of sp³-hybridized carbons (Fsp3) is 0.417. The molecule has 0 saturated carbocycles. The van der Waals surface area contributed by atoms with Gasteiger partial charge in [-0.15, -0.1) is 0 Å². The van der Waals surface area contributed by atoms with Crippen molar-refractivity contribution < 1.29 is 4.52 Å². The van der Waals surface area contributed by atoms with Crippen molar-refractivity contribution >= 4 is 15.9 Å². The highest BCUT2D eigenvalue weighted by Crippen LogP contribution is 2.24. The predicted molar refractivity (Wildman–Crippen MR) is 71.9 cm³/mol. The molecule has 0 aliphatic carbocycles. The Morgan fingerprint density at radius 3 is 2.83 bits per heavy atom. The first-order valence-electron chi connectivity index (χ1n) is 5.82. The van der Waals surface area contributed by atoms with Crippen LogP contribution in [0, 0.1) is 0 Å². The van der Waals surface area contributed by atoms with E-state index in [4.69, 9.17) is 10.3 Å². The van der Waals surface area contributed by atoms with Gasteiger partial charge in [0, 0.05) is 28.5 Å². The summed E-state index contributed by atoms with van der Waals surface area (Å²) in [5.41, 5.74) is 6.72. The van der Waals surface area contributed by atoms with E-state index in [0.717, 1.165) is 16.5 Å². The van der Waals surface area contributed by atoms with Gasteiger partial charge in [0.1, 0.15) is 0 Å². The number of aromatic nitrogens is 3. The molecule has 0 aliphatic heterocycles. The van der Waals surface area contributed by atoms with Gasteiger partial charge in [-0.3, -0.25) is 4.98 Å². The molecule has 5 nitrogen and oxygen atoms in total. The van der Waals surface area contributed by atoms with E-state index in [1.54, 1.807) is 12.4 Å². The van der Waals surface area contributed by atoms with Crippen LogP contribution in [0.3, 0.4) is 0 Å². The summed E-state index contributed by atoms with van der Waals surface area (Å²) in [4.78, 5) is 8.47. The van der Waals surface area contributed by atoms with E-state index >= 15 is 0 Å². The molecule has 0 spiro atoms. The standard InChI is InChI=1S/C12H15BrN4O/c1-3-10(7(2)14)12-16-11(17-18-12)8-4-9(13)6-15-5-8/h4-7,10H,3,14H2,1-2H3. The summed E-state index contributed by atoms with van der Waals surface area (Å²) in [5.74, 6) is 1.21. The number of nitrogens with zero attached hydrogens (tertiary/aromatic N) is 3. The van der Waals surface area contributed by atoms with Gasteiger partial charge in [0.25, 0.3) is 0 Å². The quantitative estimate of drug-likeness (QED) is 0.939. The Morgan fingerprint density at radius 1 is 1.44 bits per heavy atom. The first kappa shape index (κ1) is 13.2. The molecule has 2 atom stereocenters. The molecule has 6 heteroatoms. The Bertz CT molecular complexity index is 526. The summed E-state index contributed by atoms with van der Waals surface area (Å²) in [6, 6.07) is 1.89.